The Hall–Kier alpha value is -2.62. The Labute approximate surface area is 212 Å². The van der Waals surface area contributed by atoms with Crippen LogP contribution in [0.25, 0.3) is 5.52 Å². The number of anilines is 1. The van der Waals surface area contributed by atoms with Crippen molar-refractivity contribution in [1.29, 1.82) is 0 Å². The third kappa shape index (κ3) is 5.03. The molecule has 2 saturated heterocycles. The van der Waals surface area contributed by atoms with Crippen molar-refractivity contribution in [1.82, 2.24) is 19.9 Å². The van der Waals surface area contributed by atoms with Gasteiger partial charge in [0.2, 0.25) is 5.91 Å². The molecule has 4 heterocycles. The molecule has 0 radical (unpaired) electrons. The van der Waals surface area contributed by atoms with Crippen molar-refractivity contribution in [2.24, 2.45) is 5.92 Å². The molecule has 2 aliphatic rings. The van der Waals surface area contributed by atoms with Gasteiger partial charge < -0.3 is 19.5 Å². The lowest BCUT2D eigenvalue weighted by Crippen LogP contribution is -2.54. The van der Waals surface area contributed by atoms with Gasteiger partial charge in [-0.15, -0.1) is 0 Å². The van der Waals surface area contributed by atoms with Crippen LogP contribution in [-0.2, 0) is 20.6 Å². The van der Waals surface area contributed by atoms with E-state index in [0.717, 1.165) is 22.4 Å². The van der Waals surface area contributed by atoms with Crippen LogP contribution in [0.5, 0.6) is 0 Å². The van der Waals surface area contributed by atoms with Gasteiger partial charge >= 0.3 is 7.12 Å². The summed E-state index contributed by atoms with van der Waals surface area (Å²) in [6.07, 6.45) is 3.45. The molecule has 35 heavy (non-hydrogen) atoms. The first-order valence-corrected chi connectivity index (χ1v) is 12.5. The standard InChI is InChI=1S/C23H27BClN5O3.C2H6/c1-22(2)23(3,4)33-24(32-22)17-9-19-20(27-14-28-30(19)13-17)29-11-16(12-29)21(31)26-10-15-5-7-18(25)8-6-15;1-2/h5-9,13-14,16H,10-12H2,1-4H3,(H,26,31);1-2H3. The minimum Gasteiger partial charge on any atom is -0.399 e. The number of nitrogens with one attached hydrogen (secondary N) is 1. The lowest BCUT2D eigenvalue weighted by molar-refractivity contribution is -0.125. The van der Waals surface area contributed by atoms with E-state index in [9.17, 15) is 4.79 Å². The Morgan fingerprint density at radius 1 is 1.14 bits per heavy atom. The molecule has 1 amide bonds. The summed E-state index contributed by atoms with van der Waals surface area (Å²) < 4.78 is 14.2. The van der Waals surface area contributed by atoms with Gasteiger partial charge in [-0.2, -0.15) is 5.10 Å². The zero-order valence-electron chi connectivity index (χ0n) is 21.2. The molecule has 186 valence electrons. The minimum atomic E-state index is -0.465. The average Bonchev–Trinajstić information content (AvgIpc) is 3.32. The van der Waals surface area contributed by atoms with Crippen molar-refractivity contribution < 1.29 is 14.1 Å². The van der Waals surface area contributed by atoms with Crippen LogP contribution in [0.1, 0.15) is 47.1 Å². The molecule has 1 aromatic carbocycles. The van der Waals surface area contributed by atoms with Crippen molar-refractivity contribution >= 4 is 41.4 Å². The summed E-state index contributed by atoms with van der Waals surface area (Å²) in [4.78, 5) is 19.2. The van der Waals surface area contributed by atoms with Crippen LogP contribution in [0, 0.1) is 5.92 Å². The number of benzene rings is 1. The number of carbonyl (C=O) groups excluding carboxylic acids is 1. The topological polar surface area (TPSA) is 81.0 Å². The molecule has 0 spiro atoms. The number of halogens is 1. The number of aromatic nitrogens is 3. The van der Waals surface area contributed by atoms with E-state index in [1.165, 1.54) is 6.33 Å². The SMILES string of the molecule is CC.CC1(C)OB(c2cc3c(N4CC(C(=O)NCc5ccc(Cl)cc5)C4)ncnn3c2)OC1(C)C. The molecule has 0 aliphatic carbocycles. The molecule has 2 fully saturated rings. The fraction of sp³-hybridized carbons (Fsp3) is 0.480. The van der Waals surface area contributed by atoms with Gasteiger partial charge in [-0.1, -0.05) is 37.6 Å². The number of fused-ring (bicyclic) bond motifs is 1. The second-order valence-electron chi connectivity index (χ2n) is 9.72. The Morgan fingerprint density at radius 3 is 2.40 bits per heavy atom. The van der Waals surface area contributed by atoms with E-state index in [0.29, 0.717) is 24.7 Å². The van der Waals surface area contributed by atoms with Gasteiger partial charge in [-0.05, 0) is 51.5 Å². The van der Waals surface area contributed by atoms with Gasteiger partial charge in [0.15, 0.2) is 5.82 Å². The predicted octanol–water partition coefficient (Wildman–Crippen LogP) is 3.46. The zero-order chi connectivity index (χ0) is 25.4. The third-order valence-corrected chi connectivity index (χ3v) is 7.12. The molecule has 0 unspecified atom stereocenters. The molecule has 0 atom stereocenters. The molecule has 5 rings (SSSR count). The highest BCUT2D eigenvalue weighted by Crippen LogP contribution is 2.37. The quantitative estimate of drug-likeness (QED) is 0.544. The smallest absolute Gasteiger partial charge is 0.399 e. The highest BCUT2D eigenvalue weighted by Gasteiger charge is 2.52. The lowest BCUT2D eigenvalue weighted by Gasteiger charge is -2.39. The summed E-state index contributed by atoms with van der Waals surface area (Å²) in [5, 5.41) is 8.04. The zero-order valence-corrected chi connectivity index (χ0v) is 22.0. The number of carbonyl (C=O) groups is 1. The maximum atomic E-state index is 12.6. The molecular formula is C25H33BClN5O3. The maximum Gasteiger partial charge on any atom is 0.496 e. The normalized spacial score (nSPS) is 18.7. The minimum absolute atomic E-state index is 0.0413. The van der Waals surface area contributed by atoms with Crippen molar-refractivity contribution in [3.05, 3.63) is 53.4 Å². The summed E-state index contributed by atoms with van der Waals surface area (Å²) in [5.41, 5.74) is 1.95. The highest BCUT2D eigenvalue weighted by molar-refractivity contribution is 6.62. The average molecular weight is 498 g/mol. The second kappa shape index (κ2) is 9.80. The molecule has 0 bridgehead atoms. The van der Waals surface area contributed by atoms with E-state index in [1.54, 1.807) is 4.52 Å². The molecule has 8 nitrogen and oxygen atoms in total. The number of rotatable bonds is 5. The highest BCUT2D eigenvalue weighted by atomic mass is 35.5. The number of hydrogen-bond acceptors (Lipinski definition) is 6. The maximum absolute atomic E-state index is 12.6. The first-order valence-electron chi connectivity index (χ1n) is 12.1. The summed E-state index contributed by atoms with van der Waals surface area (Å²) in [6, 6.07) is 9.48. The molecule has 2 aliphatic heterocycles. The van der Waals surface area contributed by atoms with E-state index in [2.05, 4.69) is 20.3 Å². The van der Waals surface area contributed by atoms with Crippen LogP contribution >= 0.6 is 11.6 Å². The van der Waals surface area contributed by atoms with Gasteiger partial charge in [0.05, 0.1) is 17.1 Å². The first-order chi connectivity index (χ1) is 16.6. The number of hydrogen-bond donors (Lipinski definition) is 1. The Morgan fingerprint density at radius 2 is 1.77 bits per heavy atom. The lowest BCUT2D eigenvalue weighted by atomic mass is 9.81. The van der Waals surface area contributed by atoms with Crippen LogP contribution in [0.15, 0.2) is 42.9 Å². The Bertz CT molecular complexity index is 1180. The van der Waals surface area contributed by atoms with Gasteiger partial charge in [0.1, 0.15) is 11.8 Å². The van der Waals surface area contributed by atoms with E-state index >= 15 is 0 Å². The Kier molecular flexibility index (Phi) is 7.13. The fourth-order valence-electron chi connectivity index (χ4n) is 4.04. The van der Waals surface area contributed by atoms with Crippen LogP contribution in [0.4, 0.5) is 5.82 Å². The van der Waals surface area contributed by atoms with Crippen LogP contribution < -0.4 is 15.7 Å². The van der Waals surface area contributed by atoms with Crippen LogP contribution in [0.3, 0.4) is 0 Å². The first kappa shape index (κ1) is 25.5. The molecule has 2 aromatic heterocycles. The predicted molar refractivity (Wildman–Crippen MR) is 139 cm³/mol. The van der Waals surface area contributed by atoms with E-state index < -0.39 is 18.3 Å². The van der Waals surface area contributed by atoms with Crippen molar-refractivity contribution in [2.75, 3.05) is 18.0 Å². The molecular weight excluding hydrogens is 465 g/mol. The van der Waals surface area contributed by atoms with Crippen molar-refractivity contribution in [3.63, 3.8) is 0 Å². The largest absolute Gasteiger partial charge is 0.496 e. The van der Waals surface area contributed by atoms with Gasteiger partial charge in [0.25, 0.3) is 0 Å². The summed E-state index contributed by atoms with van der Waals surface area (Å²) >= 11 is 5.92. The van der Waals surface area contributed by atoms with Crippen LogP contribution in [0.2, 0.25) is 5.02 Å². The van der Waals surface area contributed by atoms with Crippen molar-refractivity contribution in [2.45, 2.75) is 59.3 Å². The molecule has 10 heteroatoms. The monoisotopic (exact) mass is 497 g/mol. The second-order valence-corrected chi connectivity index (χ2v) is 10.2. The molecule has 3 aromatic rings. The van der Waals surface area contributed by atoms with E-state index in [-0.39, 0.29) is 11.8 Å². The van der Waals surface area contributed by atoms with E-state index in [4.69, 9.17) is 20.9 Å². The Balaban J connectivity index is 0.00000141. The number of amides is 1. The van der Waals surface area contributed by atoms with Crippen LogP contribution in [-0.4, -0.2) is 51.9 Å². The summed E-state index contributed by atoms with van der Waals surface area (Å²) in [6.45, 7) is 13.8. The molecule has 1 N–H and O–H groups in total. The fourth-order valence-corrected chi connectivity index (χ4v) is 4.17. The summed E-state index contributed by atoms with van der Waals surface area (Å²) in [7, 11) is -0.465. The number of nitrogens with zero attached hydrogens (tertiary/aromatic N) is 4. The van der Waals surface area contributed by atoms with Gasteiger partial charge in [0, 0.05) is 36.3 Å². The third-order valence-electron chi connectivity index (χ3n) is 6.86. The van der Waals surface area contributed by atoms with Crippen molar-refractivity contribution in [3.8, 4) is 0 Å². The molecule has 0 saturated carbocycles. The van der Waals surface area contributed by atoms with Gasteiger partial charge in [-0.25, -0.2) is 9.50 Å². The van der Waals surface area contributed by atoms with E-state index in [1.807, 2.05) is 78.1 Å². The summed E-state index contributed by atoms with van der Waals surface area (Å²) in [5.74, 6) is 0.763. The van der Waals surface area contributed by atoms with Gasteiger partial charge in [-0.3, -0.25) is 4.79 Å².